The first-order chi connectivity index (χ1) is 13.5. The molecule has 1 amide bonds. The van der Waals surface area contributed by atoms with Crippen LogP contribution in [0.1, 0.15) is 49.8 Å². The molecule has 2 fully saturated rings. The standard InChI is InChI=1S/C23H26N2O3/c1-15-2-5-20(23(27)28)14-25(15)22(26)12-16-3-6-17(7-4-16)19-10-11-21(24-13-19)18-8-9-18/h3-4,6-7,10-11,13,15,18,20H,2,5,8-9,12,14H2,1H3,(H,27,28)/t15-,20+/m0/s1. The second-order valence-electron chi connectivity index (χ2n) is 8.13. The number of aliphatic carboxylic acids is 1. The van der Waals surface area contributed by atoms with E-state index in [-0.39, 0.29) is 11.9 Å². The lowest BCUT2D eigenvalue weighted by atomic mass is 9.93. The van der Waals surface area contributed by atoms with Crippen molar-refractivity contribution in [3.8, 4) is 11.1 Å². The van der Waals surface area contributed by atoms with Crippen LogP contribution in [-0.2, 0) is 16.0 Å². The minimum absolute atomic E-state index is 0.00153. The van der Waals surface area contributed by atoms with Crippen LogP contribution in [-0.4, -0.2) is 39.5 Å². The van der Waals surface area contributed by atoms with Gasteiger partial charge in [-0.05, 0) is 49.8 Å². The van der Waals surface area contributed by atoms with Gasteiger partial charge in [-0.1, -0.05) is 30.3 Å². The fourth-order valence-electron chi connectivity index (χ4n) is 3.94. The fourth-order valence-corrected chi connectivity index (χ4v) is 3.94. The Bertz CT molecular complexity index is 856. The average Bonchev–Trinajstić information content (AvgIpc) is 3.54. The van der Waals surface area contributed by atoms with E-state index in [1.807, 2.05) is 37.4 Å². The van der Waals surface area contributed by atoms with Gasteiger partial charge in [-0.2, -0.15) is 0 Å². The smallest absolute Gasteiger partial charge is 0.308 e. The molecule has 0 radical (unpaired) electrons. The predicted octanol–water partition coefficient (Wildman–Crippen LogP) is 3.88. The molecule has 1 aromatic carbocycles. The molecule has 2 atom stereocenters. The third-order valence-electron chi connectivity index (χ3n) is 5.98. The summed E-state index contributed by atoms with van der Waals surface area (Å²) in [6.07, 6.45) is 6.11. The van der Waals surface area contributed by atoms with Gasteiger partial charge < -0.3 is 10.0 Å². The SMILES string of the molecule is C[C@H]1CC[C@@H](C(=O)O)CN1C(=O)Cc1ccc(-c2ccc(C3CC3)nc2)cc1. The number of benzene rings is 1. The molecular weight excluding hydrogens is 352 g/mol. The first kappa shape index (κ1) is 18.7. The molecule has 1 saturated heterocycles. The van der Waals surface area contributed by atoms with Crippen LogP contribution in [0.3, 0.4) is 0 Å². The number of hydrogen-bond donors (Lipinski definition) is 1. The number of carbonyl (C=O) groups excluding carboxylic acids is 1. The summed E-state index contributed by atoms with van der Waals surface area (Å²) in [4.78, 5) is 30.3. The number of hydrogen-bond acceptors (Lipinski definition) is 3. The molecule has 2 heterocycles. The summed E-state index contributed by atoms with van der Waals surface area (Å²) in [6, 6.07) is 12.3. The number of carboxylic acids is 1. The molecular formula is C23H26N2O3. The van der Waals surface area contributed by atoms with Gasteiger partial charge in [0.05, 0.1) is 12.3 Å². The Balaban J connectivity index is 1.40. The van der Waals surface area contributed by atoms with Crippen molar-refractivity contribution in [2.75, 3.05) is 6.54 Å². The summed E-state index contributed by atoms with van der Waals surface area (Å²) in [6.45, 7) is 2.31. The second-order valence-corrected chi connectivity index (χ2v) is 8.13. The Morgan fingerprint density at radius 3 is 2.36 bits per heavy atom. The van der Waals surface area contributed by atoms with Crippen LogP contribution in [0.4, 0.5) is 0 Å². The number of likely N-dealkylation sites (tertiary alicyclic amines) is 1. The molecule has 1 N–H and O–H groups in total. The largest absolute Gasteiger partial charge is 0.481 e. The van der Waals surface area contributed by atoms with E-state index in [0.717, 1.165) is 23.1 Å². The van der Waals surface area contributed by atoms with Crippen molar-refractivity contribution in [3.05, 3.63) is 53.9 Å². The van der Waals surface area contributed by atoms with Crippen molar-refractivity contribution in [3.63, 3.8) is 0 Å². The lowest BCUT2D eigenvalue weighted by Crippen LogP contribution is -2.47. The van der Waals surface area contributed by atoms with Crippen LogP contribution in [0.5, 0.6) is 0 Å². The first-order valence-corrected chi connectivity index (χ1v) is 10.1. The van der Waals surface area contributed by atoms with E-state index in [1.54, 1.807) is 4.90 Å². The normalized spacial score (nSPS) is 22.1. The van der Waals surface area contributed by atoms with Gasteiger partial charge >= 0.3 is 5.97 Å². The number of carboxylic acid groups (broad SMARTS) is 1. The third-order valence-corrected chi connectivity index (χ3v) is 5.98. The van der Waals surface area contributed by atoms with E-state index in [0.29, 0.717) is 25.3 Å². The van der Waals surface area contributed by atoms with Crippen LogP contribution in [0.25, 0.3) is 11.1 Å². The quantitative estimate of drug-likeness (QED) is 0.857. The maximum Gasteiger partial charge on any atom is 0.308 e. The lowest BCUT2D eigenvalue weighted by Gasteiger charge is -2.36. The molecule has 1 aliphatic heterocycles. The molecule has 28 heavy (non-hydrogen) atoms. The zero-order valence-electron chi connectivity index (χ0n) is 16.2. The number of carbonyl (C=O) groups is 2. The summed E-state index contributed by atoms with van der Waals surface area (Å²) < 4.78 is 0. The van der Waals surface area contributed by atoms with Crippen LogP contribution < -0.4 is 0 Å². The van der Waals surface area contributed by atoms with Gasteiger partial charge in [0.25, 0.3) is 0 Å². The molecule has 0 unspecified atom stereocenters. The minimum Gasteiger partial charge on any atom is -0.481 e. The molecule has 5 nitrogen and oxygen atoms in total. The Kier molecular flexibility index (Phi) is 5.16. The van der Waals surface area contributed by atoms with Crippen molar-refractivity contribution >= 4 is 11.9 Å². The highest BCUT2D eigenvalue weighted by Gasteiger charge is 2.32. The van der Waals surface area contributed by atoms with Crippen molar-refractivity contribution in [1.82, 2.24) is 9.88 Å². The Labute approximate surface area is 165 Å². The number of rotatable bonds is 5. The van der Waals surface area contributed by atoms with Crippen molar-refractivity contribution in [1.29, 1.82) is 0 Å². The van der Waals surface area contributed by atoms with Crippen LogP contribution in [0, 0.1) is 5.92 Å². The average molecular weight is 378 g/mol. The summed E-state index contributed by atoms with van der Waals surface area (Å²) in [5, 5.41) is 9.26. The van der Waals surface area contributed by atoms with Crippen LogP contribution in [0.15, 0.2) is 42.6 Å². The van der Waals surface area contributed by atoms with Gasteiger partial charge in [-0.15, -0.1) is 0 Å². The molecule has 2 aliphatic rings. The monoisotopic (exact) mass is 378 g/mol. The van der Waals surface area contributed by atoms with E-state index in [1.165, 1.54) is 18.5 Å². The number of piperidine rings is 1. The second kappa shape index (κ2) is 7.74. The fraction of sp³-hybridized carbons (Fsp3) is 0.435. The molecule has 4 rings (SSSR count). The van der Waals surface area contributed by atoms with Gasteiger partial charge in [0, 0.05) is 36.0 Å². The molecule has 1 aromatic heterocycles. The van der Waals surface area contributed by atoms with Gasteiger partial charge in [0.15, 0.2) is 0 Å². The summed E-state index contributed by atoms with van der Waals surface area (Å²) in [5.74, 6) is -0.606. The minimum atomic E-state index is -0.810. The molecule has 1 saturated carbocycles. The molecule has 5 heteroatoms. The van der Waals surface area contributed by atoms with E-state index in [4.69, 9.17) is 0 Å². The highest BCUT2D eigenvalue weighted by molar-refractivity contribution is 5.80. The zero-order chi connectivity index (χ0) is 19.7. The van der Waals surface area contributed by atoms with Crippen molar-refractivity contribution in [2.24, 2.45) is 5.92 Å². The highest BCUT2D eigenvalue weighted by atomic mass is 16.4. The van der Waals surface area contributed by atoms with Gasteiger partial charge in [0.1, 0.15) is 0 Å². The Morgan fingerprint density at radius 2 is 1.75 bits per heavy atom. The molecule has 2 aromatic rings. The summed E-state index contributed by atoms with van der Waals surface area (Å²) >= 11 is 0. The molecule has 1 aliphatic carbocycles. The number of pyridine rings is 1. The topological polar surface area (TPSA) is 70.5 Å². The van der Waals surface area contributed by atoms with Crippen LogP contribution in [0.2, 0.25) is 0 Å². The maximum atomic E-state index is 12.7. The third kappa shape index (κ3) is 4.08. The van der Waals surface area contributed by atoms with Gasteiger partial charge in [0.2, 0.25) is 5.91 Å². The highest BCUT2D eigenvalue weighted by Crippen LogP contribution is 2.39. The molecule has 146 valence electrons. The van der Waals surface area contributed by atoms with E-state index in [9.17, 15) is 14.7 Å². The van der Waals surface area contributed by atoms with Crippen molar-refractivity contribution < 1.29 is 14.7 Å². The number of amides is 1. The summed E-state index contributed by atoms with van der Waals surface area (Å²) in [7, 11) is 0. The van der Waals surface area contributed by atoms with Gasteiger partial charge in [-0.25, -0.2) is 0 Å². The number of nitrogens with zero attached hydrogens (tertiary/aromatic N) is 2. The van der Waals surface area contributed by atoms with Gasteiger partial charge in [-0.3, -0.25) is 14.6 Å². The Hall–Kier alpha value is -2.69. The predicted molar refractivity (Wildman–Crippen MR) is 107 cm³/mol. The Morgan fingerprint density at radius 1 is 1.04 bits per heavy atom. The van der Waals surface area contributed by atoms with E-state index < -0.39 is 11.9 Å². The van der Waals surface area contributed by atoms with Crippen LogP contribution >= 0.6 is 0 Å². The lowest BCUT2D eigenvalue weighted by molar-refractivity contribution is -0.146. The molecule has 0 spiro atoms. The first-order valence-electron chi connectivity index (χ1n) is 10.1. The maximum absolute atomic E-state index is 12.7. The van der Waals surface area contributed by atoms with E-state index >= 15 is 0 Å². The zero-order valence-corrected chi connectivity index (χ0v) is 16.2. The van der Waals surface area contributed by atoms with E-state index in [2.05, 4.69) is 17.1 Å². The molecule has 0 bridgehead atoms. The van der Waals surface area contributed by atoms with Crippen molar-refractivity contribution in [2.45, 2.75) is 51.0 Å². The number of aromatic nitrogens is 1. The summed E-state index contributed by atoms with van der Waals surface area (Å²) in [5.41, 5.74) is 4.29.